The Morgan fingerprint density at radius 2 is 1.87 bits per heavy atom. The van der Waals surface area contributed by atoms with Gasteiger partial charge >= 0.3 is 0 Å². The zero-order chi connectivity index (χ0) is 11.3. The lowest BCUT2D eigenvalue weighted by atomic mass is 10.1. The summed E-state index contributed by atoms with van der Waals surface area (Å²) in [7, 11) is 0. The second-order valence-electron chi connectivity index (χ2n) is 3.71. The average Bonchev–Trinajstić information content (AvgIpc) is 2.21. The molecule has 1 rings (SSSR count). The van der Waals surface area contributed by atoms with Crippen molar-refractivity contribution in [3.63, 3.8) is 0 Å². The summed E-state index contributed by atoms with van der Waals surface area (Å²) >= 11 is 1.82. The molecule has 0 spiro atoms. The molecular weight excluding hydrogens is 209 g/mol. The predicted molar refractivity (Wildman–Crippen MR) is 66.0 cm³/mol. The first-order chi connectivity index (χ1) is 7.15. The van der Waals surface area contributed by atoms with Gasteiger partial charge in [0.2, 0.25) is 0 Å². The summed E-state index contributed by atoms with van der Waals surface area (Å²) < 4.78 is 13.3. The van der Waals surface area contributed by atoms with Gasteiger partial charge in [-0.2, -0.15) is 11.8 Å². The molecule has 84 valence electrons. The Morgan fingerprint density at radius 1 is 1.27 bits per heavy atom. The maximum atomic E-state index is 13.3. The van der Waals surface area contributed by atoms with E-state index in [2.05, 4.69) is 11.6 Å². The van der Waals surface area contributed by atoms with Crippen LogP contribution in [-0.2, 0) is 6.54 Å². The largest absolute Gasteiger partial charge is 0.312 e. The number of hydrogen-bond donors (Lipinski definition) is 1. The Morgan fingerprint density at radius 3 is 2.40 bits per heavy atom. The monoisotopic (exact) mass is 227 g/mol. The molecule has 0 aliphatic heterocycles. The molecule has 0 amide bonds. The standard InChI is InChI=1S/C12H18FNS/c1-9-6-11(7-10(2)12(9)13)8-14-4-5-15-3/h6-7,14H,4-5,8H2,1-3H3. The van der Waals surface area contributed by atoms with Crippen molar-refractivity contribution in [1.29, 1.82) is 0 Å². The first-order valence-electron chi connectivity index (χ1n) is 5.10. The average molecular weight is 227 g/mol. The topological polar surface area (TPSA) is 12.0 Å². The van der Waals surface area contributed by atoms with Crippen molar-refractivity contribution in [2.24, 2.45) is 0 Å². The van der Waals surface area contributed by atoms with Crippen LogP contribution >= 0.6 is 11.8 Å². The van der Waals surface area contributed by atoms with Crippen LogP contribution in [0.5, 0.6) is 0 Å². The third-order valence-corrected chi connectivity index (χ3v) is 2.92. The highest BCUT2D eigenvalue weighted by molar-refractivity contribution is 7.98. The summed E-state index contributed by atoms with van der Waals surface area (Å²) in [5, 5.41) is 3.33. The van der Waals surface area contributed by atoms with Crippen LogP contribution in [0.1, 0.15) is 16.7 Å². The normalized spacial score (nSPS) is 10.7. The van der Waals surface area contributed by atoms with Crippen LogP contribution in [0.4, 0.5) is 4.39 Å². The van der Waals surface area contributed by atoms with Crippen LogP contribution in [0, 0.1) is 19.7 Å². The molecule has 0 bridgehead atoms. The molecule has 0 aliphatic rings. The van der Waals surface area contributed by atoms with Crippen molar-refractivity contribution in [2.75, 3.05) is 18.6 Å². The molecule has 1 N–H and O–H groups in total. The number of rotatable bonds is 5. The molecule has 15 heavy (non-hydrogen) atoms. The van der Waals surface area contributed by atoms with Gasteiger partial charge < -0.3 is 5.32 Å². The number of hydrogen-bond acceptors (Lipinski definition) is 2. The Labute approximate surface area is 95.5 Å². The fourth-order valence-electron chi connectivity index (χ4n) is 1.54. The quantitative estimate of drug-likeness (QED) is 0.776. The first kappa shape index (κ1) is 12.5. The van der Waals surface area contributed by atoms with Crippen molar-refractivity contribution in [1.82, 2.24) is 5.32 Å². The summed E-state index contributed by atoms with van der Waals surface area (Å²) in [5.41, 5.74) is 2.63. The number of nitrogens with one attached hydrogen (secondary N) is 1. The predicted octanol–water partition coefficient (Wildman–Crippen LogP) is 2.90. The van der Waals surface area contributed by atoms with Gasteiger partial charge in [0, 0.05) is 18.8 Å². The minimum atomic E-state index is -0.0807. The van der Waals surface area contributed by atoms with E-state index in [4.69, 9.17) is 0 Å². The van der Waals surface area contributed by atoms with Crippen LogP contribution in [0.15, 0.2) is 12.1 Å². The van der Waals surface area contributed by atoms with Gasteiger partial charge in [-0.25, -0.2) is 4.39 Å². The molecule has 0 aliphatic carbocycles. The minimum Gasteiger partial charge on any atom is -0.312 e. The molecule has 3 heteroatoms. The Kier molecular flexibility index (Phi) is 5.12. The van der Waals surface area contributed by atoms with Gasteiger partial charge in [0.25, 0.3) is 0 Å². The van der Waals surface area contributed by atoms with E-state index in [0.29, 0.717) is 0 Å². The van der Waals surface area contributed by atoms with Gasteiger partial charge in [-0.1, -0.05) is 12.1 Å². The van der Waals surface area contributed by atoms with E-state index in [1.54, 1.807) is 0 Å². The summed E-state index contributed by atoms with van der Waals surface area (Å²) in [5.74, 6) is 1.03. The van der Waals surface area contributed by atoms with Gasteiger partial charge in [0.1, 0.15) is 5.82 Å². The molecule has 1 aromatic carbocycles. The summed E-state index contributed by atoms with van der Waals surface area (Å²) in [6.45, 7) is 5.45. The zero-order valence-electron chi connectivity index (χ0n) is 9.56. The van der Waals surface area contributed by atoms with Gasteiger partial charge in [-0.3, -0.25) is 0 Å². The van der Waals surface area contributed by atoms with Crippen LogP contribution in [0.2, 0.25) is 0 Å². The van der Waals surface area contributed by atoms with Crippen LogP contribution in [0.3, 0.4) is 0 Å². The van der Waals surface area contributed by atoms with Crippen molar-refractivity contribution in [3.8, 4) is 0 Å². The molecule has 0 unspecified atom stereocenters. The summed E-state index contributed by atoms with van der Waals surface area (Å²) in [4.78, 5) is 0. The highest BCUT2D eigenvalue weighted by Crippen LogP contribution is 2.14. The Balaban J connectivity index is 2.55. The van der Waals surface area contributed by atoms with Crippen molar-refractivity contribution < 1.29 is 4.39 Å². The highest BCUT2D eigenvalue weighted by atomic mass is 32.2. The second kappa shape index (κ2) is 6.13. The van der Waals surface area contributed by atoms with E-state index in [1.165, 1.54) is 0 Å². The van der Waals surface area contributed by atoms with Crippen molar-refractivity contribution in [2.45, 2.75) is 20.4 Å². The fraction of sp³-hybridized carbons (Fsp3) is 0.500. The lowest BCUT2D eigenvalue weighted by Gasteiger charge is -2.07. The molecule has 0 fully saturated rings. The maximum absolute atomic E-state index is 13.3. The molecular formula is C12H18FNS. The molecule has 0 saturated carbocycles. The van der Waals surface area contributed by atoms with E-state index >= 15 is 0 Å². The third-order valence-electron chi connectivity index (χ3n) is 2.31. The van der Waals surface area contributed by atoms with Crippen LogP contribution < -0.4 is 5.32 Å². The van der Waals surface area contributed by atoms with Crippen LogP contribution in [-0.4, -0.2) is 18.6 Å². The van der Waals surface area contributed by atoms with E-state index in [-0.39, 0.29) is 5.82 Å². The van der Waals surface area contributed by atoms with E-state index in [1.807, 2.05) is 37.7 Å². The lowest BCUT2D eigenvalue weighted by Crippen LogP contribution is -2.16. The minimum absolute atomic E-state index is 0.0807. The smallest absolute Gasteiger partial charge is 0.129 e. The Hall–Kier alpha value is -0.540. The maximum Gasteiger partial charge on any atom is 0.129 e. The Bertz CT molecular complexity index is 302. The molecule has 0 heterocycles. The number of thioether (sulfide) groups is 1. The van der Waals surface area contributed by atoms with Gasteiger partial charge in [0.15, 0.2) is 0 Å². The molecule has 1 aromatic rings. The van der Waals surface area contributed by atoms with E-state index in [0.717, 1.165) is 35.5 Å². The number of aryl methyl sites for hydroxylation is 2. The summed E-state index contributed by atoms with van der Waals surface area (Å²) in [6, 6.07) is 3.82. The zero-order valence-corrected chi connectivity index (χ0v) is 10.4. The second-order valence-corrected chi connectivity index (χ2v) is 4.70. The molecule has 0 saturated heterocycles. The van der Waals surface area contributed by atoms with Gasteiger partial charge in [0.05, 0.1) is 0 Å². The third kappa shape index (κ3) is 3.84. The fourth-order valence-corrected chi connectivity index (χ4v) is 1.89. The van der Waals surface area contributed by atoms with E-state index < -0.39 is 0 Å². The highest BCUT2D eigenvalue weighted by Gasteiger charge is 2.03. The van der Waals surface area contributed by atoms with Crippen LogP contribution in [0.25, 0.3) is 0 Å². The van der Waals surface area contributed by atoms with Gasteiger partial charge in [-0.15, -0.1) is 0 Å². The first-order valence-corrected chi connectivity index (χ1v) is 6.50. The van der Waals surface area contributed by atoms with Crippen molar-refractivity contribution >= 4 is 11.8 Å². The molecule has 0 radical (unpaired) electrons. The van der Waals surface area contributed by atoms with Gasteiger partial charge in [-0.05, 0) is 36.8 Å². The lowest BCUT2D eigenvalue weighted by molar-refractivity contribution is 0.607. The summed E-state index contributed by atoms with van der Waals surface area (Å²) in [6.07, 6.45) is 2.09. The molecule has 1 nitrogen and oxygen atoms in total. The molecule has 0 atom stereocenters. The SMILES string of the molecule is CSCCNCc1cc(C)c(F)c(C)c1. The number of benzene rings is 1. The van der Waals surface area contributed by atoms with E-state index in [9.17, 15) is 4.39 Å². The van der Waals surface area contributed by atoms with Crippen molar-refractivity contribution in [3.05, 3.63) is 34.6 Å². The molecule has 0 aromatic heterocycles. The number of halogens is 1.